The van der Waals surface area contributed by atoms with Crippen molar-refractivity contribution in [1.29, 1.82) is 0 Å². The monoisotopic (exact) mass is 1350 g/mol. The molecule has 13 rings (SSSR count). The van der Waals surface area contributed by atoms with E-state index in [1.807, 2.05) is 55.5 Å². The molecule has 0 aliphatic rings. The van der Waals surface area contributed by atoms with Gasteiger partial charge in [0.15, 0.2) is 0 Å². The smallest absolute Gasteiger partial charge is 0.0488 e. The van der Waals surface area contributed by atoms with Crippen molar-refractivity contribution in [2.75, 3.05) is 19.6 Å². The number of thioether (sulfide) groups is 1. The summed E-state index contributed by atoms with van der Waals surface area (Å²) in [6, 6.07) is 113. The van der Waals surface area contributed by atoms with Gasteiger partial charge in [0.05, 0.1) is 0 Å². The van der Waals surface area contributed by atoms with Crippen LogP contribution in [0, 0.1) is 6.92 Å². The van der Waals surface area contributed by atoms with Gasteiger partial charge in [0, 0.05) is 98.4 Å². The molecule has 480 valence electrons. The molecule has 0 amide bonds. The van der Waals surface area contributed by atoms with Crippen LogP contribution in [0.15, 0.2) is 364 Å². The number of aryl methyl sites for hydroxylation is 1. The van der Waals surface area contributed by atoms with E-state index in [1.54, 1.807) is 23.1 Å². The van der Waals surface area contributed by atoms with Gasteiger partial charge in [0.1, 0.15) is 0 Å². The summed E-state index contributed by atoms with van der Waals surface area (Å²) in [7, 11) is 0. The lowest BCUT2D eigenvalue weighted by Crippen LogP contribution is -2.13. The fourth-order valence-corrected chi connectivity index (χ4v) is 13.8. The zero-order valence-electron chi connectivity index (χ0n) is 54.9. The van der Waals surface area contributed by atoms with Crippen LogP contribution < -0.4 is 19.6 Å². The fraction of sp³-hybridized carbons (Fsp3) is 0.0455. The molecule has 4 nitrogen and oxygen atoms in total. The predicted octanol–water partition coefficient (Wildman–Crippen LogP) is 28.1. The number of allylic oxidation sites excluding steroid dienone is 2. The van der Waals surface area contributed by atoms with Gasteiger partial charge < -0.3 is 19.6 Å². The average Bonchev–Trinajstić information content (AvgIpc) is 1.26. The first-order valence-electron chi connectivity index (χ1n) is 31.9. The second kappa shape index (κ2) is 35.5. The Bertz CT molecular complexity index is 4290. The van der Waals surface area contributed by atoms with E-state index in [0.717, 1.165) is 89.4 Å². The van der Waals surface area contributed by atoms with Crippen molar-refractivity contribution in [3.05, 3.63) is 391 Å². The van der Waals surface area contributed by atoms with Crippen molar-refractivity contribution < 1.29 is 0 Å². The minimum atomic E-state index is 0.734. The van der Waals surface area contributed by atoms with Crippen LogP contribution in [0.4, 0.5) is 68.2 Å². The standard InChI is InChI=1S/C35H28N2S2.C35H30N2S.C16H16S.C2H4S/c38-26-34-21-22-35(39-34)27-23-32(36(28-13-5-1-6-14-28)29-15-7-2-8-16-29)25-33(24-27)37(30-17-9-3-10-18-30)31-19-11-4-12-20-31;1-27(2)38-28(3)29-24-34(36(30-16-8-4-9-17-30)31-18-10-5-11-19-31)26-35(25-29)37(32-20-12-6-13-21-32)33-22-14-7-15-23-33;1-4-6-14-9-13(5-2)10-15(11-14)16-8-7-12(3)17-16;1-2-3/h1-25,38H,26H2;4-26H,1,3H2,2H3;4-11H,2H2,1,3H3;2-3H,1H2/b;;6-4+;. The highest BCUT2D eigenvalue weighted by molar-refractivity contribution is 8.11. The maximum Gasteiger partial charge on any atom is 0.0488 e. The molecule has 0 saturated carbocycles. The van der Waals surface area contributed by atoms with Crippen molar-refractivity contribution in [2.45, 2.75) is 26.5 Å². The highest BCUT2D eigenvalue weighted by Crippen LogP contribution is 2.46. The van der Waals surface area contributed by atoms with Gasteiger partial charge in [-0.3, -0.25) is 0 Å². The van der Waals surface area contributed by atoms with Crippen LogP contribution in [-0.4, -0.2) is 0 Å². The molecule has 0 N–H and O–H groups in total. The molecule has 0 aliphatic heterocycles. The summed E-state index contributed by atoms with van der Waals surface area (Å²) in [6.45, 7) is 21.8. The van der Waals surface area contributed by atoms with Crippen LogP contribution in [0.25, 0.3) is 37.9 Å². The minimum absolute atomic E-state index is 0.734. The lowest BCUT2D eigenvalue weighted by Gasteiger charge is -2.30. The molecule has 13 aromatic rings. The van der Waals surface area contributed by atoms with E-state index in [-0.39, 0.29) is 0 Å². The molecule has 11 aromatic carbocycles. The molecular weight excluding hydrogens is 1270 g/mol. The average molecular weight is 1350 g/mol. The molecule has 9 heteroatoms. The molecule has 0 spiro atoms. The molecule has 0 unspecified atom stereocenters. The molecular formula is C88H78N4S5. The lowest BCUT2D eigenvalue weighted by atomic mass is 10.0. The highest BCUT2D eigenvalue weighted by atomic mass is 32.2. The SMILES string of the molecule is C=C(C)SC(=C)c1cc(N(c2ccccc2)c2ccccc2)cc(N(c2ccccc2)c2ccccc2)c1.C=CS.C=Cc1cc(/C=C/C)cc(-c2ccc(C)s2)c1.SCc1ccc(-c2cc(N(c3ccccc3)c3ccccc3)cc(N(c3ccccc3)c3ccccc3)c2)s1. The predicted molar refractivity (Wildman–Crippen MR) is 438 cm³/mol. The number of nitrogens with zero attached hydrogens (tertiary/aromatic N) is 4. The van der Waals surface area contributed by atoms with Crippen LogP contribution in [0.2, 0.25) is 0 Å². The second-order valence-corrected chi connectivity index (χ2v) is 26.9. The summed E-state index contributed by atoms with van der Waals surface area (Å²) in [5, 5.41) is 1.44. The number of para-hydroxylation sites is 8. The fourth-order valence-electron chi connectivity index (χ4n) is 11.1. The molecule has 2 aromatic heterocycles. The Morgan fingerprint density at radius 2 is 0.701 bits per heavy atom. The summed E-state index contributed by atoms with van der Waals surface area (Å²) < 4.78 is 0. The maximum atomic E-state index is 4.53. The Balaban J connectivity index is 0.000000165. The van der Waals surface area contributed by atoms with E-state index in [2.05, 4.69) is 388 Å². The number of hydrogen-bond donors (Lipinski definition) is 2. The van der Waals surface area contributed by atoms with E-state index in [9.17, 15) is 0 Å². The topological polar surface area (TPSA) is 13.0 Å². The number of benzene rings is 11. The maximum absolute atomic E-state index is 4.53. The van der Waals surface area contributed by atoms with Gasteiger partial charge in [-0.25, -0.2) is 0 Å². The zero-order valence-corrected chi connectivity index (χ0v) is 59.1. The van der Waals surface area contributed by atoms with E-state index in [0.29, 0.717) is 0 Å². The first kappa shape index (κ1) is 69.6. The van der Waals surface area contributed by atoms with Crippen LogP contribution in [0.1, 0.15) is 40.3 Å². The number of anilines is 12. The second-order valence-electron chi connectivity index (χ2n) is 22.3. The zero-order chi connectivity index (χ0) is 67.7. The molecule has 0 radical (unpaired) electrons. The number of rotatable bonds is 20. The highest BCUT2D eigenvalue weighted by Gasteiger charge is 2.22. The van der Waals surface area contributed by atoms with Crippen LogP contribution in [0.3, 0.4) is 0 Å². The van der Waals surface area contributed by atoms with E-state index < -0.39 is 0 Å². The van der Waals surface area contributed by atoms with Gasteiger partial charge in [-0.15, -0.1) is 22.7 Å². The Morgan fingerprint density at radius 3 is 0.990 bits per heavy atom. The van der Waals surface area contributed by atoms with Gasteiger partial charge in [-0.2, -0.15) is 25.3 Å². The normalized spacial score (nSPS) is 10.5. The van der Waals surface area contributed by atoms with Crippen molar-refractivity contribution >= 4 is 145 Å². The Morgan fingerprint density at radius 1 is 0.392 bits per heavy atom. The van der Waals surface area contributed by atoms with Crippen LogP contribution in [-0.2, 0) is 5.75 Å². The van der Waals surface area contributed by atoms with Gasteiger partial charge in [-0.1, -0.05) is 202 Å². The lowest BCUT2D eigenvalue weighted by molar-refractivity contribution is 1.25. The van der Waals surface area contributed by atoms with Crippen molar-refractivity contribution in [2.24, 2.45) is 0 Å². The third kappa shape index (κ3) is 18.8. The van der Waals surface area contributed by atoms with Crippen molar-refractivity contribution in [1.82, 2.24) is 0 Å². The van der Waals surface area contributed by atoms with E-state index >= 15 is 0 Å². The van der Waals surface area contributed by atoms with Gasteiger partial charge in [-0.05, 0) is 235 Å². The summed E-state index contributed by atoms with van der Waals surface area (Å²) in [4.78, 5) is 16.3. The van der Waals surface area contributed by atoms with Gasteiger partial charge in [0.2, 0.25) is 0 Å². The Kier molecular flexibility index (Phi) is 25.5. The molecule has 2 heterocycles. The van der Waals surface area contributed by atoms with Crippen molar-refractivity contribution in [3.8, 4) is 20.9 Å². The third-order valence-electron chi connectivity index (χ3n) is 15.3. The van der Waals surface area contributed by atoms with Crippen LogP contribution in [0.5, 0.6) is 0 Å². The number of hydrogen-bond acceptors (Lipinski definition) is 9. The number of thiol groups is 2. The molecule has 0 aliphatic carbocycles. The minimum Gasteiger partial charge on any atom is -0.310 e. The van der Waals surface area contributed by atoms with E-state index in [1.165, 1.54) is 47.2 Å². The largest absolute Gasteiger partial charge is 0.310 e. The molecule has 0 fully saturated rings. The van der Waals surface area contributed by atoms with E-state index in [4.69, 9.17) is 0 Å². The molecule has 97 heavy (non-hydrogen) atoms. The Labute approximate surface area is 598 Å². The summed E-state index contributed by atoms with van der Waals surface area (Å²) in [5.74, 6) is 0.734. The van der Waals surface area contributed by atoms with Crippen LogP contribution >= 0.6 is 59.7 Å². The summed E-state index contributed by atoms with van der Waals surface area (Å²) in [6.07, 6.45) is 6.08. The summed E-state index contributed by atoms with van der Waals surface area (Å²) >= 11 is 13.3. The molecule has 0 saturated heterocycles. The van der Waals surface area contributed by atoms with Crippen molar-refractivity contribution in [3.63, 3.8) is 0 Å². The first-order valence-corrected chi connectivity index (χ1v) is 35.5. The molecule has 0 bridgehead atoms. The Hall–Kier alpha value is -10.2. The third-order valence-corrected chi connectivity index (χ3v) is 18.8. The number of thiophene rings is 2. The summed E-state index contributed by atoms with van der Waals surface area (Å²) in [5.41, 5.74) is 19.0. The van der Waals surface area contributed by atoms with Gasteiger partial charge in [0.25, 0.3) is 0 Å². The molecule has 0 atom stereocenters. The quantitative estimate of drug-likeness (QED) is 0.0736. The van der Waals surface area contributed by atoms with Gasteiger partial charge >= 0.3 is 0 Å². The first-order chi connectivity index (χ1) is 47.5.